The first kappa shape index (κ1) is 23.2. The number of carbonyl (C=O) groups is 1. The van der Waals surface area contributed by atoms with Crippen molar-refractivity contribution in [3.05, 3.63) is 116 Å². The van der Waals surface area contributed by atoms with Crippen molar-refractivity contribution in [2.45, 2.75) is 18.4 Å². The molecule has 3 N–H and O–H groups in total. The summed E-state index contributed by atoms with van der Waals surface area (Å²) < 4.78 is 0. The lowest BCUT2D eigenvalue weighted by molar-refractivity contribution is -0.394. The maximum Gasteiger partial charge on any atom is 0.328 e. The first-order chi connectivity index (χ1) is 14.7. The van der Waals surface area contributed by atoms with E-state index in [-0.39, 0.29) is 11.4 Å². The van der Waals surface area contributed by atoms with Crippen LogP contribution in [0.25, 0.3) is 0 Å². The second-order valence-corrected chi connectivity index (χ2v) is 6.66. The van der Waals surface area contributed by atoms with Crippen molar-refractivity contribution >= 4 is 17.3 Å². The second-order valence-electron chi connectivity index (χ2n) is 6.66. The number of carboxylic acid groups (broad SMARTS) is 1. The highest BCUT2D eigenvalue weighted by atomic mass is 16.6. The average molecular weight is 423 g/mol. The van der Waals surface area contributed by atoms with E-state index in [1.165, 1.54) is 18.2 Å². The Morgan fingerprint density at radius 3 is 1.77 bits per heavy atom. The van der Waals surface area contributed by atoms with Crippen molar-refractivity contribution in [3.8, 4) is 0 Å². The standard InChI is InChI=1S/C16H17NO2.C6H4N2O4/c17-16(15(18)19,14-9-5-2-6-10-14)12-11-13-7-3-1-4-8-13;9-7(10)5-2-1-3-6(4-5)8(11)12/h1-10H,11-12,17H2,(H,18,19);1-4H. The van der Waals surface area contributed by atoms with Crippen LogP contribution in [0.5, 0.6) is 0 Å². The number of nitro benzene ring substituents is 2. The third-order valence-corrected chi connectivity index (χ3v) is 4.57. The molecular formula is C22H21N3O6. The fraction of sp³-hybridized carbons (Fsp3) is 0.136. The van der Waals surface area contributed by atoms with Gasteiger partial charge in [-0.2, -0.15) is 0 Å². The molecule has 0 fully saturated rings. The molecule has 31 heavy (non-hydrogen) atoms. The van der Waals surface area contributed by atoms with Crippen molar-refractivity contribution < 1.29 is 19.7 Å². The second kappa shape index (κ2) is 10.6. The molecule has 0 bridgehead atoms. The van der Waals surface area contributed by atoms with Crippen LogP contribution < -0.4 is 5.73 Å². The molecule has 0 aliphatic carbocycles. The number of non-ortho nitro benzene ring substituents is 2. The van der Waals surface area contributed by atoms with Gasteiger partial charge in [0.15, 0.2) is 0 Å². The highest BCUT2D eigenvalue weighted by Crippen LogP contribution is 2.24. The van der Waals surface area contributed by atoms with Gasteiger partial charge in [0.05, 0.1) is 15.9 Å². The number of hydrogen-bond acceptors (Lipinski definition) is 6. The average Bonchev–Trinajstić information content (AvgIpc) is 2.79. The van der Waals surface area contributed by atoms with Crippen LogP contribution >= 0.6 is 0 Å². The van der Waals surface area contributed by atoms with Crippen LogP contribution in [0.4, 0.5) is 11.4 Å². The zero-order valence-electron chi connectivity index (χ0n) is 16.5. The molecule has 0 saturated heterocycles. The minimum Gasteiger partial charge on any atom is -0.480 e. The summed E-state index contributed by atoms with van der Waals surface area (Å²) in [5, 5.41) is 29.8. The fourth-order valence-corrected chi connectivity index (χ4v) is 2.82. The van der Waals surface area contributed by atoms with E-state index in [0.717, 1.165) is 11.6 Å². The van der Waals surface area contributed by atoms with Crippen molar-refractivity contribution in [3.63, 3.8) is 0 Å². The molecule has 0 aliphatic heterocycles. The van der Waals surface area contributed by atoms with E-state index in [2.05, 4.69) is 0 Å². The number of rotatable bonds is 7. The Bertz CT molecular complexity index is 1010. The summed E-state index contributed by atoms with van der Waals surface area (Å²) in [6.45, 7) is 0. The van der Waals surface area contributed by atoms with Gasteiger partial charge in [-0.05, 0) is 30.0 Å². The summed E-state index contributed by atoms with van der Waals surface area (Å²) >= 11 is 0. The Labute approximate surface area is 178 Å². The van der Waals surface area contributed by atoms with E-state index in [4.69, 9.17) is 5.73 Å². The van der Waals surface area contributed by atoms with E-state index in [1.54, 1.807) is 12.1 Å². The quantitative estimate of drug-likeness (QED) is 0.430. The van der Waals surface area contributed by atoms with Gasteiger partial charge in [0, 0.05) is 12.1 Å². The molecule has 0 heterocycles. The van der Waals surface area contributed by atoms with E-state index >= 15 is 0 Å². The van der Waals surface area contributed by atoms with Crippen molar-refractivity contribution in [2.75, 3.05) is 0 Å². The number of nitro groups is 2. The maximum atomic E-state index is 11.5. The third kappa shape index (κ3) is 6.44. The molecule has 0 saturated carbocycles. The maximum absolute atomic E-state index is 11.5. The zero-order chi connectivity index (χ0) is 22.9. The van der Waals surface area contributed by atoms with Gasteiger partial charge in [0.2, 0.25) is 0 Å². The molecule has 0 spiro atoms. The summed E-state index contributed by atoms with van der Waals surface area (Å²) in [6.07, 6.45) is 1.01. The van der Waals surface area contributed by atoms with Crippen LogP contribution in [0.15, 0.2) is 84.9 Å². The molecule has 160 valence electrons. The fourth-order valence-electron chi connectivity index (χ4n) is 2.82. The number of aryl methyl sites for hydroxylation is 1. The topological polar surface area (TPSA) is 150 Å². The number of nitrogens with two attached hydrogens (primary N) is 1. The van der Waals surface area contributed by atoms with Crippen LogP contribution in [0.3, 0.4) is 0 Å². The minimum atomic E-state index is -1.34. The highest BCUT2D eigenvalue weighted by molar-refractivity contribution is 5.80. The third-order valence-electron chi connectivity index (χ3n) is 4.57. The van der Waals surface area contributed by atoms with Gasteiger partial charge in [0.25, 0.3) is 11.4 Å². The number of aliphatic carboxylic acids is 1. The summed E-state index contributed by atoms with van der Waals surface area (Å²) in [6, 6.07) is 23.4. The molecule has 3 aromatic rings. The van der Waals surface area contributed by atoms with Crippen LogP contribution in [0.1, 0.15) is 17.5 Å². The Morgan fingerprint density at radius 1 is 0.839 bits per heavy atom. The lowest BCUT2D eigenvalue weighted by Crippen LogP contribution is -2.45. The normalized spacial score (nSPS) is 12.0. The van der Waals surface area contributed by atoms with E-state index < -0.39 is 21.4 Å². The van der Waals surface area contributed by atoms with Crippen LogP contribution in [0.2, 0.25) is 0 Å². The molecule has 9 nitrogen and oxygen atoms in total. The molecule has 0 aromatic heterocycles. The van der Waals surface area contributed by atoms with Crippen LogP contribution in [0, 0.1) is 20.2 Å². The lowest BCUT2D eigenvalue weighted by atomic mass is 9.85. The van der Waals surface area contributed by atoms with Crippen molar-refractivity contribution in [2.24, 2.45) is 5.73 Å². The van der Waals surface area contributed by atoms with Gasteiger partial charge < -0.3 is 10.8 Å². The Morgan fingerprint density at radius 2 is 1.32 bits per heavy atom. The Hall–Kier alpha value is -4.11. The highest BCUT2D eigenvalue weighted by Gasteiger charge is 2.35. The number of nitrogens with zero attached hydrogens (tertiary/aromatic N) is 2. The molecule has 3 rings (SSSR count). The van der Waals surface area contributed by atoms with Gasteiger partial charge >= 0.3 is 5.97 Å². The first-order valence-corrected chi connectivity index (χ1v) is 9.24. The summed E-state index contributed by atoms with van der Waals surface area (Å²) in [5.74, 6) is -0.991. The smallest absolute Gasteiger partial charge is 0.328 e. The molecule has 3 aromatic carbocycles. The number of hydrogen-bond donors (Lipinski definition) is 2. The monoisotopic (exact) mass is 423 g/mol. The van der Waals surface area contributed by atoms with Crippen LogP contribution in [-0.2, 0) is 16.8 Å². The van der Waals surface area contributed by atoms with E-state index in [9.17, 15) is 30.1 Å². The number of carboxylic acids is 1. The first-order valence-electron chi connectivity index (χ1n) is 9.24. The molecule has 0 radical (unpaired) electrons. The van der Waals surface area contributed by atoms with Crippen molar-refractivity contribution in [1.29, 1.82) is 0 Å². The lowest BCUT2D eigenvalue weighted by Gasteiger charge is -2.25. The molecule has 0 aliphatic rings. The van der Waals surface area contributed by atoms with E-state index in [1.807, 2.05) is 48.5 Å². The predicted octanol–water partition coefficient (Wildman–Crippen LogP) is 4.06. The summed E-state index contributed by atoms with van der Waals surface area (Å²) in [4.78, 5) is 30.5. The van der Waals surface area contributed by atoms with Gasteiger partial charge in [-0.1, -0.05) is 60.7 Å². The summed E-state index contributed by atoms with van der Waals surface area (Å²) in [7, 11) is 0. The van der Waals surface area contributed by atoms with Gasteiger partial charge in [-0.3, -0.25) is 20.2 Å². The summed E-state index contributed by atoms with van der Waals surface area (Å²) in [5.41, 5.74) is 5.96. The molecule has 9 heteroatoms. The van der Waals surface area contributed by atoms with Gasteiger partial charge in [0.1, 0.15) is 5.54 Å². The predicted molar refractivity (Wildman–Crippen MR) is 114 cm³/mol. The molecule has 1 atom stereocenters. The largest absolute Gasteiger partial charge is 0.480 e. The van der Waals surface area contributed by atoms with E-state index in [0.29, 0.717) is 18.4 Å². The van der Waals surface area contributed by atoms with Crippen molar-refractivity contribution in [1.82, 2.24) is 0 Å². The molecule has 0 amide bonds. The number of benzene rings is 3. The Kier molecular flexibility index (Phi) is 7.93. The SMILES string of the molecule is NC(CCc1ccccc1)(C(=O)O)c1ccccc1.O=[N+]([O-])c1cccc([N+](=O)[O-])c1. The zero-order valence-corrected chi connectivity index (χ0v) is 16.5. The van der Waals surface area contributed by atoms with Gasteiger partial charge in [-0.15, -0.1) is 0 Å². The minimum absolute atomic E-state index is 0.274. The molecule has 1 unspecified atom stereocenters. The Balaban J connectivity index is 0.000000245. The molecular weight excluding hydrogens is 402 g/mol. The van der Waals surface area contributed by atoms with Crippen LogP contribution in [-0.4, -0.2) is 20.9 Å². The van der Waals surface area contributed by atoms with Gasteiger partial charge in [-0.25, -0.2) is 4.79 Å².